The van der Waals surface area contributed by atoms with Crippen LogP contribution in [0.15, 0.2) is 16.8 Å². The van der Waals surface area contributed by atoms with Crippen LogP contribution in [-0.4, -0.2) is 29.3 Å². The van der Waals surface area contributed by atoms with Gasteiger partial charge in [0, 0.05) is 19.0 Å². The summed E-state index contributed by atoms with van der Waals surface area (Å²) in [4.78, 5) is 26.0. The van der Waals surface area contributed by atoms with Crippen LogP contribution in [0, 0.1) is 5.41 Å². The molecular formula is C16H24N2O2S. The molecule has 0 spiro atoms. The third kappa shape index (κ3) is 5.50. The molecule has 1 heterocycles. The van der Waals surface area contributed by atoms with Crippen molar-refractivity contribution in [2.45, 2.75) is 52.6 Å². The molecule has 0 bridgehead atoms. The van der Waals surface area contributed by atoms with Crippen LogP contribution in [0.25, 0.3) is 0 Å². The van der Waals surface area contributed by atoms with E-state index >= 15 is 0 Å². The zero-order valence-corrected chi connectivity index (χ0v) is 13.8. The first-order valence-corrected chi connectivity index (χ1v) is 8.37. The average Bonchev–Trinajstić information content (AvgIpc) is 3.08. The number of carbonyl (C=O) groups excluding carboxylic acids is 2. The fraction of sp³-hybridized carbons (Fsp3) is 0.625. The Balaban J connectivity index is 1.83. The highest BCUT2D eigenvalue weighted by Gasteiger charge is 2.32. The monoisotopic (exact) mass is 308 g/mol. The van der Waals surface area contributed by atoms with Crippen molar-refractivity contribution in [3.63, 3.8) is 0 Å². The van der Waals surface area contributed by atoms with Gasteiger partial charge in [-0.3, -0.25) is 9.59 Å². The number of amides is 2. The van der Waals surface area contributed by atoms with Crippen molar-refractivity contribution in [3.05, 3.63) is 22.4 Å². The van der Waals surface area contributed by atoms with Crippen LogP contribution in [0.3, 0.4) is 0 Å². The number of nitrogens with one attached hydrogen (secondary N) is 1. The highest BCUT2D eigenvalue weighted by Crippen LogP contribution is 2.28. The van der Waals surface area contributed by atoms with Crippen molar-refractivity contribution in [1.82, 2.24) is 10.2 Å². The minimum atomic E-state index is -0.0556. The number of hydrogen-bond acceptors (Lipinski definition) is 3. The second-order valence-electron chi connectivity index (χ2n) is 6.90. The van der Waals surface area contributed by atoms with E-state index in [0.717, 1.165) is 12.8 Å². The van der Waals surface area contributed by atoms with E-state index in [2.05, 4.69) is 10.7 Å². The summed E-state index contributed by atoms with van der Waals surface area (Å²) in [6, 6.07) is 2.41. The maximum absolute atomic E-state index is 12.3. The topological polar surface area (TPSA) is 49.4 Å². The van der Waals surface area contributed by atoms with E-state index in [9.17, 15) is 9.59 Å². The third-order valence-electron chi connectivity index (χ3n) is 3.37. The molecule has 0 unspecified atom stereocenters. The van der Waals surface area contributed by atoms with Crippen LogP contribution < -0.4 is 5.32 Å². The summed E-state index contributed by atoms with van der Waals surface area (Å²) >= 11 is 1.64. The van der Waals surface area contributed by atoms with Crippen LogP contribution >= 0.6 is 11.3 Å². The number of rotatable bonds is 6. The van der Waals surface area contributed by atoms with Crippen LogP contribution in [0.1, 0.15) is 45.6 Å². The predicted octanol–water partition coefficient (Wildman–Crippen LogP) is 2.79. The Bertz CT molecular complexity index is 487. The van der Waals surface area contributed by atoms with Gasteiger partial charge in [0.1, 0.15) is 0 Å². The Morgan fingerprint density at radius 2 is 2.10 bits per heavy atom. The van der Waals surface area contributed by atoms with Crippen LogP contribution in [-0.2, 0) is 16.1 Å². The van der Waals surface area contributed by atoms with E-state index in [1.165, 1.54) is 5.56 Å². The van der Waals surface area contributed by atoms with Crippen LogP contribution in [0.5, 0.6) is 0 Å². The van der Waals surface area contributed by atoms with Gasteiger partial charge in [0.05, 0.1) is 6.54 Å². The van der Waals surface area contributed by atoms with Crippen LogP contribution in [0.2, 0.25) is 0 Å². The lowest BCUT2D eigenvalue weighted by atomic mass is 9.92. The first-order valence-electron chi connectivity index (χ1n) is 7.42. The summed E-state index contributed by atoms with van der Waals surface area (Å²) in [5.74, 6) is -0.0342. The van der Waals surface area contributed by atoms with Gasteiger partial charge in [-0.2, -0.15) is 11.3 Å². The second-order valence-corrected chi connectivity index (χ2v) is 7.68. The molecular weight excluding hydrogens is 284 g/mol. The van der Waals surface area contributed by atoms with Gasteiger partial charge in [0.25, 0.3) is 0 Å². The Labute approximate surface area is 130 Å². The first-order chi connectivity index (χ1) is 9.85. The van der Waals surface area contributed by atoms with Gasteiger partial charge >= 0.3 is 0 Å². The molecule has 4 nitrogen and oxygen atoms in total. The fourth-order valence-electron chi connectivity index (χ4n) is 2.21. The normalized spacial score (nSPS) is 14.8. The molecule has 2 rings (SSSR count). The smallest absolute Gasteiger partial charge is 0.242 e. The van der Waals surface area contributed by atoms with Gasteiger partial charge in [-0.25, -0.2) is 0 Å². The Hall–Kier alpha value is -1.36. The lowest BCUT2D eigenvalue weighted by molar-refractivity contribution is -0.134. The molecule has 116 valence electrons. The largest absolute Gasteiger partial charge is 0.347 e. The SMILES string of the molecule is CC(C)(C)CC(=O)NCC(=O)N(Cc1ccsc1)C1CC1. The molecule has 1 aliphatic rings. The molecule has 1 aliphatic carbocycles. The molecule has 0 atom stereocenters. The van der Waals surface area contributed by atoms with E-state index in [0.29, 0.717) is 19.0 Å². The van der Waals surface area contributed by atoms with Crippen molar-refractivity contribution in [2.24, 2.45) is 5.41 Å². The zero-order valence-electron chi connectivity index (χ0n) is 13.0. The van der Waals surface area contributed by atoms with E-state index in [1.54, 1.807) is 11.3 Å². The van der Waals surface area contributed by atoms with E-state index < -0.39 is 0 Å². The summed E-state index contributed by atoms with van der Waals surface area (Å²) < 4.78 is 0. The Morgan fingerprint density at radius 1 is 1.38 bits per heavy atom. The maximum Gasteiger partial charge on any atom is 0.242 e. The summed E-state index contributed by atoms with van der Waals surface area (Å²) in [6.07, 6.45) is 2.59. The maximum atomic E-state index is 12.3. The number of carbonyl (C=O) groups is 2. The quantitative estimate of drug-likeness (QED) is 0.878. The first kappa shape index (κ1) is 16.0. The van der Waals surface area contributed by atoms with Gasteiger partial charge in [-0.1, -0.05) is 20.8 Å². The van der Waals surface area contributed by atoms with Crippen molar-refractivity contribution in [3.8, 4) is 0 Å². The molecule has 0 radical (unpaired) electrons. The fourth-order valence-corrected chi connectivity index (χ4v) is 2.87. The molecule has 5 heteroatoms. The van der Waals surface area contributed by atoms with Gasteiger partial charge in [-0.15, -0.1) is 0 Å². The molecule has 2 amide bonds. The molecule has 1 fully saturated rings. The average molecular weight is 308 g/mol. The molecule has 0 saturated heterocycles. The summed E-state index contributed by atoms with van der Waals surface area (Å²) in [7, 11) is 0. The molecule has 0 aliphatic heterocycles. The number of thiophene rings is 1. The molecule has 1 saturated carbocycles. The van der Waals surface area contributed by atoms with Crippen molar-refractivity contribution in [2.75, 3.05) is 6.54 Å². The summed E-state index contributed by atoms with van der Waals surface area (Å²) in [5.41, 5.74) is 1.11. The lowest BCUT2D eigenvalue weighted by Gasteiger charge is -2.23. The highest BCUT2D eigenvalue weighted by molar-refractivity contribution is 7.07. The minimum absolute atomic E-state index is 0.0194. The second kappa shape index (κ2) is 6.60. The summed E-state index contributed by atoms with van der Waals surface area (Å²) in [5, 5.41) is 6.85. The van der Waals surface area contributed by atoms with E-state index in [4.69, 9.17) is 0 Å². The highest BCUT2D eigenvalue weighted by atomic mass is 32.1. The number of nitrogens with zero attached hydrogens (tertiary/aromatic N) is 1. The van der Waals surface area contributed by atoms with Crippen molar-refractivity contribution < 1.29 is 9.59 Å². The minimum Gasteiger partial charge on any atom is -0.347 e. The molecule has 1 aromatic heterocycles. The predicted molar refractivity (Wildman–Crippen MR) is 85.0 cm³/mol. The van der Waals surface area contributed by atoms with Crippen molar-refractivity contribution >= 4 is 23.2 Å². The third-order valence-corrected chi connectivity index (χ3v) is 4.10. The van der Waals surface area contributed by atoms with E-state index in [1.807, 2.05) is 37.1 Å². The zero-order chi connectivity index (χ0) is 15.5. The van der Waals surface area contributed by atoms with Gasteiger partial charge in [0.2, 0.25) is 11.8 Å². The molecule has 0 aromatic carbocycles. The van der Waals surface area contributed by atoms with Gasteiger partial charge < -0.3 is 10.2 Å². The van der Waals surface area contributed by atoms with Gasteiger partial charge in [0.15, 0.2) is 0 Å². The number of hydrogen-bond donors (Lipinski definition) is 1. The Kier molecular flexibility index (Phi) is 5.04. The lowest BCUT2D eigenvalue weighted by Crippen LogP contribution is -2.41. The van der Waals surface area contributed by atoms with Crippen LogP contribution in [0.4, 0.5) is 0 Å². The molecule has 1 N–H and O–H groups in total. The van der Waals surface area contributed by atoms with E-state index in [-0.39, 0.29) is 23.8 Å². The van der Waals surface area contributed by atoms with Crippen molar-refractivity contribution in [1.29, 1.82) is 0 Å². The molecule has 1 aromatic rings. The standard InChI is InChI=1S/C16H24N2O2S/c1-16(2,3)8-14(19)17-9-15(20)18(13-4-5-13)10-12-6-7-21-11-12/h6-7,11,13H,4-5,8-10H2,1-3H3,(H,17,19). The summed E-state index contributed by atoms with van der Waals surface area (Å²) in [6.45, 7) is 6.81. The Morgan fingerprint density at radius 3 is 2.62 bits per heavy atom. The molecule has 21 heavy (non-hydrogen) atoms. The van der Waals surface area contributed by atoms with Gasteiger partial charge in [-0.05, 0) is 40.6 Å².